The first-order valence-corrected chi connectivity index (χ1v) is 4.27. The summed E-state index contributed by atoms with van der Waals surface area (Å²) in [6, 6.07) is 4.87. The number of aromatic hydroxyl groups is 1. The summed E-state index contributed by atoms with van der Waals surface area (Å²) in [5.74, 6) is 0.0724. The standard InChI is InChI=1S/C10H13NO3/c1-6-8(12)4-3-5-9(6)14-7(2)10(11)13/h3-5,7,12H,1-2H3,(H2,11,13). The van der Waals surface area contributed by atoms with Gasteiger partial charge in [0.25, 0.3) is 5.91 Å². The van der Waals surface area contributed by atoms with Gasteiger partial charge >= 0.3 is 0 Å². The van der Waals surface area contributed by atoms with Crippen LogP contribution in [0.25, 0.3) is 0 Å². The first kappa shape index (κ1) is 10.4. The van der Waals surface area contributed by atoms with Crippen molar-refractivity contribution in [2.75, 3.05) is 0 Å². The van der Waals surface area contributed by atoms with Gasteiger partial charge in [-0.05, 0) is 26.0 Å². The van der Waals surface area contributed by atoms with Crippen molar-refractivity contribution in [1.29, 1.82) is 0 Å². The third kappa shape index (κ3) is 2.16. The molecular weight excluding hydrogens is 182 g/mol. The number of carbonyl (C=O) groups excluding carboxylic acids is 1. The average molecular weight is 195 g/mol. The van der Waals surface area contributed by atoms with E-state index < -0.39 is 12.0 Å². The number of benzene rings is 1. The molecule has 0 aromatic heterocycles. The van der Waals surface area contributed by atoms with Crippen molar-refractivity contribution in [2.45, 2.75) is 20.0 Å². The molecule has 1 unspecified atom stereocenters. The van der Waals surface area contributed by atoms with E-state index in [1.807, 2.05) is 0 Å². The van der Waals surface area contributed by atoms with Crippen LogP contribution >= 0.6 is 0 Å². The fourth-order valence-electron chi connectivity index (χ4n) is 0.979. The highest BCUT2D eigenvalue weighted by Crippen LogP contribution is 2.26. The lowest BCUT2D eigenvalue weighted by Gasteiger charge is -2.13. The largest absolute Gasteiger partial charge is 0.508 e. The predicted molar refractivity (Wildman–Crippen MR) is 52.1 cm³/mol. The lowest BCUT2D eigenvalue weighted by molar-refractivity contribution is -0.124. The number of nitrogens with two attached hydrogens (primary N) is 1. The van der Waals surface area contributed by atoms with E-state index in [0.717, 1.165) is 0 Å². The van der Waals surface area contributed by atoms with Crippen LogP contribution in [0.5, 0.6) is 11.5 Å². The number of hydrogen-bond acceptors (Lipinski definition) is 3. The molecule has 0 radical (unpaired) electrons. The molecule has 0 saturated carbocycles. The second-order valence-corrected chi connectivity index (χ2v) is 3.06. The molecule has 0 aliphatic heterocycles. The normalized spacial score (nSPS) is 12.1. The maximum Gasteiger partial charge on any atom is 0.258 e. The molecule has 4 nitrogen and oxygen atoms in total. The van der Waals surface area contributed by atoms with Crippen molar-refractivity contribution >= 4 is 5.91 Å². The van der Waals surface area contributed by atoms with E-state index >= 15 is 0 Å². The van der Waals surface area contributed by atoms with Crippen molar-refractivity contribution in [3.8, 4) is 11.5 Å². The lowest BCUT2D eigenvalue weighted by atomic mass is 10.2. The van der Waals surface area contributed by atoms with Gasteiger partial charge in [-0.3, -0.25) is 4.79 Å². The van der Waals surface area contributed by atoms with Gasteiger partial charge < -0.3 is 15.6 Å². The van der Waals surface area contributed by atoms with Crippen LogP contribution in [0.2, 0.25) is 0 Å². The summed E-state index contributed by atoms with van der Waals surface area (Å²) in [5, 5.41) is 9.36. The van der Waals surface area contributed by atoms with Gasteiger partial charge in [0, 0.05) is 5.56 Å². The first-order chi connectivity index (χ1) is 6.52. The van der Waals surface area contributed by atoms with E-state index in [9.17, 15) is 9.90 Å². The number of carbonyl (C=O) groups is 1. The summed E-state index contributed by atoms with van der Waals surface area (Å²) in [7, 11) is 0. The van der Waals surface area contributed by atoms with E-state index in [0.29, 0.717) is 11.3 Å². The summed E-state index contributed by atoms with van der Waals surface area (Å²) < 4.78 is 5.25. The molecule has 14 heavy (non-hydrogen) atoms. The number of amides is 1. The van der Waals surface area contributed by atoms with Gasteiger partial charge in [0.05, 0.1) is 0 Å². The van der Waals surface area contributed by atoms with Crippen molar-refractivity contribution in [2.24, 2.45) is 5.73 Å². The monoisotopic (exact) mass is 195 g/mol. The molecule has 76 valence electrons. The van der Waals surface area contributed by atoms with E-state index in [-0.39, 0.29) is 5.75 Å². The minimum Gasteiger partial charge on any atom is -0.508 e. The molecule has 0 heterocycles. The maximum absolute atomic E-state index is 10.7. The van der Waals surface area contributed by atoms with Gasteiger partial charge in [-0.2, -0.15) is 0 Å². The SMILES string of the molecule is Cc1c(O)cccc1OC(C)C(N)=O. The number of ether oxygens (including phenoxy) is 1. The Balaban J connectivity index is 2.87. The summed E-state index contributed by atoms with van der Waals surface area (Å²) in [6.45, 7) is 3.27. The number of phenols is 1. The van der Waals surface area contributed by atoms with Gasteiger partial charge in [0.2, 0.25) is 0 Å². The molecule has 1 aromatic rings. The van der Waals surface area contributed by atoms with Crippen LogP contribution < -0.4 is 10.5 Å². The fraction of sp³-hybridized carbons (Fsp3) is 0.300. The minimum atomic E-state index is -0.699. The molecule has 0 aliphatic rings. The van der Waals surface area contributed by atoms with Gasteiger partial charge in [0.15, 0.2) is 6.10 Å². The number of rotatable bonds is 3. The second-order valence-electron chi connectivity index (χ2n) is 3.06. The highest BCUT2D eigenvalue weighted by Gasteiger charge is 2.12. The smallest absolute Gasteiger partial charge is 0.258 e. The van der Waals surface area contributed by atoms with Crippen LogP contribution in [-0.4, -0.2) is 17.1 Å². The van der Waals surface area contributed by atoms with Crippen molar-refractivity contribution in [3.05, 3.63) is 23.8 Å². The highest BCUT2D eigenvalue weighted by molar-refractivity contribution is 5.78. The Bertz CT molecular complexity index is 349. The molecule has 0 spiro atoms. The summed E-state index contributed by atoms with van der Waals surface area (Å²) in [6.07, 6.45) is -0.699. The average Bonchev–Trinajstić information content (AvgIpc) is 2.12. The second kappa shape index (κ2) is 4.00. The summed E-state index contributed by atoms with van der Waals surface area (Å²) >= 11 is 0. The minimum absolute atomic E-state index is 0.138. The van der Waals surface area contributed by atoms with Crippen LogP contribution in [0.3, 0.4) is 0 Å². The van der Waals surface area contributed by atoms with E-state index in [1.54, 1.807) is 32.0 Å². The molecule has 0 aliphatic carbocycles. The quantitative estimate of drug-likeness (QED) is 0.754. The topological polar surface area (TPSA) is 72.6 Å². The Kier molecular flexibility index (Phi) is 2.96. The molecule has 3 N–H and O–H groups in total. The van der Waals surface area contributed by atoms with Crippen LogP contribution in [0.4, 0.5) is 0 Å². The number of phenolic OH excluding ortho intramolecular Hbond substituents is 1. The molecule has 0 fully saturated rings. The van der Waals surface area contributed by atoms with E-state index in [1.165, 1.54) is 0 Å². The van der Waals surface area contributed by atoms with Crippen molar-refractivity contribution < 1.29 is 14.6 Å². The van der Waals surface area contributed by atoms with Gasteiger partial charge in [0.1, 0.15) is 11.5 Å². The molecule has 0 saturated heterocycles. The zero-order valence-corrected chi connectivity index (χ0v) is 8.15. The Labute approximate surface area is 82.3 Å². The zero-order valence-electron chi connectivity index (χ0n) is 8.15. The molecule has 0 bridgehead atoms. The maximum atomic E-state index is 10.7. The van der Waals surface area contributed by atoms with Gasteiger partial charge in [-0.25, -0.2) is 0 Å². The van der Waals surface area contributed by atoms with Crippen molar-refractivity contribution in [1.82, 2.24) is 0 Å². The molecular formula is C10H13NO3. The predicted octanol–water partition coefficient (Wildman–Crippen LogP) is 0.953. The van der Waals surface area contributed by atoms with Crippen molar-refractivity contribution in [3.63, 3.8) is 0 Å². The Hall–Kier alpha value is -1.71. The molecule has 1 aromatic carbocycles. The number of hydrogen-bond donors (Lipinski definition) is 2. The summed E-state index contributed by atoms with van der Waals surface area (Å²) in [5.41, 5.74) is 5.64. The van der Waals surface area contributed by atoms with Crippen LogP contribution in [-0.2, 0) is 4.79 Å². The lowest BCUT2D eigenvalue weighted by Crippen LogP contribution is -2.30. The Morgan fingerprint density at radius 3 is 2.79 bits per heavy atom. The van der Waals surface area contributed by atoms with Crippen LogP contribution in [0.1, 0.15) is 12.5 Å². The first-order valence-electron chi connectivity index (χ1n) is 4.27. The third-order valence-electron chi connectivity index (χ3n) is 1.96. The van der Waals surface area contributed by atoms with Crippen LogP contribution in [0, 0.1) is 6.92 Å². The highest BCUT2D eigenvalue weighted by atomic mass is 16.5. The Morgan fingerprint density at radius 2 is 2.21 bits per heavy atom. The number of primary amides is 1. The summed E-state index contributed by atoms with van der Waals surface area (Å²) in [4.78, 5) is 10.7. The molecule has 1 amide bonds. The van der Waals surface area contributed by atoms with E-state index in [4.69, 9.17) is 10.5 Å². The van der Waals surface area contributed by atoms with E-state index in [2.05, 4.69) is 0 Å². The fourth-order valence-corrected chi connectivity index (χ4v) is 0.979. The van der Waals surface area contributed by atoms with Crippen LogP contribution in [0.15, 0.2) is 18.2 Å². The molecule has 4 heteroatoms. The zero-order chi connectivity index (χ0) is 10.7. The van der Waals surface area contributed by atoms with Gasteiger partial charge in [-0.1, -0.05) is 6.07 Å². The van der Waals surface area contributed by atoms with Gasteiger partial charge in [-0.15, -0.1) is 0 Å². The third-order valence-corrected chi connectivity index (χ3v) is 1.96. The molecule has 1 atom stereocenters. The molecule has 1 rings (SSSR count). The Morgan fingerprint density at radius 1 is 1.57 bits per heavy atom.